The van der Waals surface area contributed by atoms with Gasteiger partial charge in [-0.05, 0) is 30.9 Å². The van der Waals surface area contributed by atoms with Crippen LogP contribution in [0.3, 0.4) is 0 Å². The van der Waals surface area contributed by atoms with Crippen molar-refractivity contribution in [2.24, 2.45) is 0 Å². The lowest BCUT2D eigenvalue weighted by molar-refractivity contribution is -0.136. The molecule has 1 aromatic carbocycles. The van der Waals surface area contributed by atoms with Gasteiger partial charge in [-0.3, -0.25) is 4.79 Å². The molecule has 0 fully saturated rings. The van der Waals surface area contributed by atoms with Crippen molar-refractivity contribution in [2.75, 3.05) is 18.9 Å². The molecule has 21 heavy (non-hydrogen) atoms. The number of allylic oxidation sites excluding steroid dienone is 1. The minimum atomic E-state index is -0.849. The van der Waals surface area contributed by atoms with Crippen molar-refractivity contribution in [1.82, 2.24) is 4.90 Å². The molecule has 1 rings (SSSR count). The Balaban J connectivity index is 2.62. The number of aliphatic carboxylic acids is 1. The Morgan fingerprint density at radius 2 is 2.10 bits per heavy atom. The molecule has 114 valence electrons. The third-order valence-electron chi connectivity index (χ3n) is 3.12. The van der Waals surface area contributed by atoms with E-state index in [1.165, 1.54) is 0 Å². The van der Waals surface area contributed by atoms with Crippen molar-refractivity contribution in [3.05, 3.63) is 42.5 Å². The predicted molar refractivity (Wildman–Crippen MR) is 83.5 cm³/mol. The van der Waals surface area contributed by atoms with Gasteiger partial charge in [-0.2, -0.15) is 0 Å². The number of benzene rings is 1. The van der Waals surface area contributed by atoms with E-state index in [1.807, 2.05) is 24.3 Å². The van der Waals surface area contributed by atoms with Gasteiger partial charge in [-0.15, -0.1) is 6.58 Å². The fourth-order valence-corrected chi connectivity index (χ4v) is 1.89. The fourth-order valence-electron chi connectivity index (χ4n) is 1.89. The average molecular weight is 290 g/mol. The van der Waals surface area contributed by atoms with E-state index in [1.54, 1.807) is 18.0 Å². The zero-order valence-electron chi connectivity index (χ0n) is 12.3. The predicted octanol–water partition coefficient (Wildman–Crippen LogP) is 3.13. The largest absolute Gasteiger partial charge is 0.481 e. The second-order valence-electron chi connectivity index (χ2n) is 4.83. The Hall–Kier alpha value is -2.30. The van der Waals surface area contributed by atoms with Crippen LogP contribution in [0.25, 0.3) is 0 Å². The van der Waals surface area contributed by atoms with Crippen LogP contribution in [0, 0.1) is 0 Å². The van der Waals surface area contributed by atoms with E-state index in [0.29, 0.717) is 18.7 Å². The molecule has 0 aliphatic rings. The topological polar surface area (TPSA) is 69.6 Å². The number of urea groups is 1. The minimum Gasteiger partial charge on any atom is -0.481 e. The van der Waals surface area contributed by atoms with Gasteiger partial charge in [-0.1, -0.05) is 24.3 Å². The zero-order valence-corrected chi connectivity index (χ0v) is 12.3. The summed E-state index contributed by atoms with van der Waals surface area (Å²) in [7, 11) is 1.73. The molecule has 5 heteroatoms. The summed E-state index contributed by atoms with van der Waals surface area (Å²) in [6.07, 6.45) is 4.00. The number of carbonyl (C=O) groups is 2. The molecule has 0 atom stereocenters. The lowest BCUT2D eigenvalue weighted by Gasteiger charge is -2.19. The number of rotatable bonds is 8. The van der Waals surface area contributed by atoms with Crippen LogP contribution < -0.4 is 5.32 Å². The van der Waals surface area contributed by atoms with Gasteiger partial charge in [0.15, 0.2) is 0 Å². The Morgan fingerprint density at radius 3 is 2.76 bits per heavy atom. The van der Waals surface area contributed by atoms with Crippen LogP contribution in [0.1, 0.15) is 24.8 Å². The normalized spacial score (nSPS) is 9.95. The van der Waals surface area contributed by atoms with Gasteiger partial charge in [0, 0.05) is 25.7 Å². The lowest BCUT2D eigenvalue weighted by atomic mass is 10.1. The average Bonchev–Trinajstić information content (AvgIpc) is 2.46. The van der Waals surface area contributed by atoms with Crippen LogP contribution in [0.15, 0.2) is 36.9 Å². The second kappa shape index (κ2) is 8.79. The maximum Gasteiger partial charge on any atom is 0.321 e. The van der Waals surface area contributed by atoms with Crippen molar-refractivity contribution < 1.29 is 14.7 Å². The Bertz CT molecular complexity index is 500. The summed E-state index contributed by atoms with van der Waals surface area (Å²) in [5.41, 5.74) is 1.49. The van der Waals surface area contributed by atoms with Gasteiger partial charge in [0.05, 0.1) is 0 Å². The number of carbonyl (C=O) groups excluding carboxylic acids is 1. The molecule has 0 bridgehead atoms. The maximum absolute atomic E-state index is 12.1. The van der Waals surface area contributed by atoms with Gasteiger partial charge in [0.1, 0.15) is 0 Å². The van der Waals surface area contributed by atoms with E-state index in [-0.39, 0.29) is 12.5 Å². The standard InChI is InChI=1S/C16H22N2O3/c1-3-4-7-12-18(2)16(21)17-14-9-6-5-8-13(14)10-11-15(19)20/h3,5-6,8-9H,1,4,7,10-12H2,2H3,(H,17,21)(H,19,20). The maximum atomic E-state index is 12.1. The minimum absolute atomic E-state index is 0.0437. The second-order valence-corrected chi connectivity index (χ2v) is 4.83. The number of carboxylic acid groups (broad SMARTS) is 1. The summed E-state index contributed by atoms with van der Waals surface area (Å²) >= 11 is 0. The molecule has 0 radical (unpaired) electrons. The van der Waals surface area contributed by atoms with Crippen LogP contribution >= 0.6 is 0 Å². The summed E-state index contributed by atoms with van der Waals surface area (Å²) < 4.78 is 0. The fraction of sp³-hybridized carbons (Fsp3) is 0.375. The van der Waals surface area contributed by atoms with Crippen molar-refractivity contribution in [2.45, 2.75) is 25.7 Å². The number of unbranched alkanes of at least 4 members (excludes halogenated alkanes) is 1. The van der Waals surface area contributed by atoms with Crippen LogP contribution in [0.5, 0.6) is 0 Å². The van der Waals surface area contributed by atoms with Crippen molar-refractivity contribution in [1.29, 1.82) is 0 Å². The van der Waals surface area contributed by atoms with Crippen LogP contribution in [-0.4, -0.2) is 35.6 Å². The monoisotopic (exact) mass is 290 g/mol. The van der Waals surface area contributed by atoms with Crippen molar-refractivity contribution in [3.63, 3.8) is 0 Å². The van der Waals surface area contributed by atoms with Gasteiger partial charge >= 0.3 is 12.0 Å². The van der Waals surface area contributed by atoms with Gasteiger partial charge < -0.3 is 15.3 Å². The molecule has 2 N–H and O–H groups in total. The number of carboxylic acids is 1. The van der Waals surface area contributed by atoms with Crippen LogP contribution in [0.2, 0.25) is 0 Å². The molecule has 0 unspecified atom stereocenters. The molecule has 0 aromatic heterocycles. The lowest BCUT2D eigenvalue weighted by Crippen LogP contribution is -2.32. The summed E-state index contributed by atoms with van der Waals surface area (Å²) in [5.74, 6) is -0.849. The number of para-hydroxylation sites is 1. The first-order chi connectivity index (χ1) is 10.0. The number of amides is 2. The highest BCUT2D eigenvalue weighted by Crippen LogP contribution is 2.17. The molecule has 0 aliphatic carbocycles. The molecular weight excluding hydrogens is 268 g/mol. The summed E-state index contributed by atoms with van der Waals surface area (Å²) in [6.45, 7) is 4.30. The summed E-state index contributed by atoms with van der Waals surface area (Å²) in [5, 5.41) is 11.6. The highest BCUT2D eigenvalue weighted by Gasteiger charge is 2.11. The first-order valence-corrected chi connectivity index (χ1v) is 6.97. The number of nitrogens with zero attached hydrogens (tertiary/aromatic N) is 1. The third-order valence-corrected chi connectivity index (χ3v) is 3.12. The number of aryl methyl sites for hydroxylation is 1. The van der Waals surface area contributed by atoms with Gasteiger partial charge in [-0.25, -0.2) is 4.79 Å². The van der Waals surface area contributed by atoms with E-state index >= 15 is 0 Å². The first kappa shape index (κ1) is 16.8. The number of hydrogen-bond acceptors (Lipinski definition) is 2. The molecule has 0 heterocycles. The SMILES string of the molecule is C=CCCCN(C)C(=O)Nc1ccccc1CCC(=O)O. The molecule has 1 aromatic rings. The number of hydrogen-bond donors (Lipinski definition) is 2. The molecule has 0 saturated carbocycles. The third kappa shape index (κ3) is 6.12. The van der Waals surface area contributed by atoms with E-state index in [9.17, 15) is 9.59 Å². The Kier molecular flexibility index (Phi) is 7.01. The van der Waals surface area contributed by atoms with Gasteiger partial charge in [0.2, 0.25) is 0 Å². The number of anilines is 1. The summed E-state index contributed by atoms with van der Waals surface area (Å²) in [4.78, 5) is 24.3. The van der Waals surface area contributed by atoms with Gasteiger partial charge in [0.25, 0.3) is 0 Å². The highest BCUT2D eigenvalue weighted by atomic mass is 16.4. The first-order valence-electron chi connectivity index (χ1n) is 6.97. The van der Waals surface area contributed by atoms with E-state index in [0.717, 1.165) is 18.4 Å². The van der Waals surface area contributed by atoms with Crippen molar-refractivity contribution >= 4 is 17.7 Å². The molecule has 0 spiro atoms. The molecule has 5 nitrogen and oxygen atoms in total. The molecule has 0 saturated heterocycles. The smallest absolute Gasteiger partial charge is 0.321 e. The Labute approximate surface area is 125 Å². The zero-order chi connectivity index (χ0) is 15.7. The quantitative estimate of drug-likeness (QED) is 0.571. The van der Waals surface area contributed by atoms with Crippen LogP contribution in [-0.2, 0) is 11.2 Å². The summed E-state index contributed by atoms with van der Waals surface area (Å²) in [6, 6.07) is 7.07. The van der Waals surface area contributed by atoms with E-state index in [4.69, 9.17) is 5.11 Å². The molecule has 0 aliphatic heterocycles. The van der Waals surface area contributed by atoms with E-state index < -0.39 is 5.97 Å². The number of nitrogens with one attached hydrogen (secondary N) is 1. The molecular formula is C16H22N2O3. The van der Waals surface area contributed by atoms with E-state index in [2.05, 4.69) is 11.9 Å². The van der Waals surface area contributed by atoms with Crippen LogP contribution in [0.4, 0.5) is 10.5 Å². The Morgan fingerprint density at radius 1 is 1.38 bits per heavy atom. The highest BCUT2D eigenvalue weighted by molar-refractivity contribution is 5.90. The molecule has 2 amide bonds. The van der Waals surface area contributed by atoms with Crippen molar-refractivity contribution in [3.8, 4) is 0 Å².